The van der Waals surface area contributed by atoms with E-state index in [0.29, 0.717) is 5.56 Å². The summed E-state index contributed by atoms with van der Waals surface area (Å²) < 4.78 is 41.2. The van der Waals surface area contributed by atoms with Crippen LogP contribution in [-0.2, 0) is 14.9 Å². The maximum atomic E-state index is 14.2. The van der Waals surface area contributed by atoms with Gasteiger partial charge in [-0.3, -0.25) is 0 Å². The molecule has 0 spiro atoms. The number of halogens is 1. The van der Waals surface area contributed by atoms with Crippen molar-refractivity contribution in [2.45, 2.75) is 4.90 Å². The standard InChI is InChI=1S/C15H15FN2O3S/c1-21-17-10-11-18-22(19,20)14-9-5-8-13(16)15(14)12-6-3-2-4-7-12/h2-10,18H,11H2,1H3. The topological polar surface area (TPSA) is 67.8 Å². The van der Waals surface area contributed by atoms with E-state index in [4.69, 9.17) is 0 Å². The first-order valence-electron chi connectivity index (χ1n) is 6.45. The fraction of sp³-hybridized carbons (Fsp3) is 0.133. The molecule has 0 saturated heterocycles. The minimum Gasteiger partial charge on any atom is -0.399 e. The minimum atomic E-state index is -3.88. The number of hydrogen-bond acceptors (Lipinski definition) is 4. The van der Waals surface area contributed by atoms with Crippen molar-refractivity contribution in [3.8, 4) is 11.1 Å². The van der Waals surface area contributed by atoms with Crippen molar-refractivity contribution in [1.29, 1.82) is 0 Å². The molecule has 5 nitrogen and oxygen atoms in total. The summed E-state index contributed by atoms with van der Waals surface area (Å²) in [7, 11) is -2.53. The molecule has 0 heterocycles. The Morgan fingerprint density at radius 3 is 2.59 bits per heavy atom. The van der Waals surface area contributed by atoms with Crippen LogP contribution >= 0.6 is 0 Å². The van der Waals surface area contributed by atoms with Gasteiger partial charge in [-0.15, -0.1) is 0 Å². The molecule has 2 aromatic carbocycles. The number of oxime groups is 1. The number of nitrogens with zero attached hydrogens (tertiary/aromatic N) is 1. The second kappa shape index (κ2) is 7.15. The van der Waals surface area contributed by atoms with Crippen LogP contribution < -0.4 is 4.72 Å². The molecular weight excluding hydrogens is 307 g/mol. The second-order valence-corrected chi connectivity index (χ2v) is 6.04. The summed E-state index contributed by atoms with van der Waals surface area (Å²) in [4.78, 5) is 4.33. The van der Waals surface area contributed by atoms with Crippen molar-refractivity contribution in [1.82, 2.24) is 4.72 Å². The van der Waals surface area contributed by atoms with Gasteiger partial charge in [-0.1, -0.05) is 41.6 Å². The molecule has 116 valence electrons. The molecule has 0 aromatic heterocycles. The Hall–Kier alpha value is -2.25. The van der Waals surface area contributed by atoms with Gasteiger partial charge in [-0.25, -0.2) is 17.5 Å². The smallest absolute Gasteiger partial charge is 0.241 e. The second-order valence-electron chi connectivity index (χ2n) is 4.30. The van der Waals surface area contributed by atoms with Crippen LogP contribution in [0.15, 0.2) is 58.6 Å². The maximum absolute atomic E-state index is 14.2. The average Bonchev–Trinajstić information content (AvgIpc) is 2.52. The highest BCUT2D eigenvalue weighted by atomic mass is 32.2. The molecular formula is C15H15FN2O3S. The van der Waals surface area contributed by atoms with Gasteiger partial charge in [0.05, 0.1) is 11.1 Å². The zero-order valence-corrected chi connectivity index (χ0v) is 12.7. The molecule has 0 radical (unpaired) electrons. The predicted octanol–water partition coefficient (Wildman–Crippen LogP) is 2.40. The summed E-state index contributed by atoms with van der Waals surface area (Å²) >= 11 is 0. The molecule has 0 bridgehead atoms. The van der Waals surface area contributed by atoms with Crippen LogP contribution in [0.5, 0.6) is 0 Å². The molecule has 2 rings (SSSR count). The summed E-state index contributed by atoms with van der Waals surface area (Å²) in [6.45, 7) is -0.0546. The van der Waals surface area contributed by atoms with E-state index in [1.165, 1.54) is 31.5 Å². The van der Waals surface area contributed by atoms with Crippen LogP contribution in [0.2, 0.25) is 0 Å². The van der Waals surface area contributed by atoms with Crippen molar-refractivity contribution in [3.63, 3.8) is 0 Å². The third-order valence-electron chi connectivity index (χ3n) is 2.87. The lowest BCUT2D eigenvalue weighted by atomic mass is 10.1. The molecule has 0 unspecified atom stereocenters. The van der Waals surface area contributed by atoms with Crippen molar-refractivity contribution in [2.75, 3.05) is 13.7 Å². The molecule has 7 heteroatoms. The monoisotopic (exact) mass is 322 g/mol. The number of sulfonamides is 1. The fourth-order valence-electron chi connectivity index (χ4n) is 1.95. The van der Waals surface area contributed by atoms with E-state index in [1.54, 1.807) is 30.3 Å². The van der Waals surface area contributed by atoms with Crippen LogP contribution in [-0.4, -0.2) is 28.3 Å². The number of benzene rings is 2. The molecule has 0 aliphatic heterocycles. The lowest BCUT2D eigenvalue weighted by Crippen LogP contribution is -2.26. The van der Waals surface area contributed by atoms with Crippen LogP contribution in [0.3, 0.4) is 0 Å². The zero-order chi connectivity index (χ0) is 16.0. The van der Waals surface area contributed by atoms with Crippen molar-refractivity contribution >= 4 is 16.2 Å². The Morgan fingerprint density at radius 2 is 1.91 bits per heavy atom. The van der Waals surface area contributed by atoms with Gasteiger partial charge < -0.3 is 4.84 Å². The van der Waals surface area contributed by atoms with Gasteiger partial charge in [0.1, 0.15) is 12.9 Å². The molecule has 0 fully saturated rings. The lowest BCUT2D eigenvalue weighted by molar-refractivity contribution is 0.215. The van der Waals surface area contributed by atoms with E-state index in [9.17, 15) is 12.8 Å². The normalized spacial score (nSPS) is 11.7. The highest BCUT2D eigenvalue weighted by Gasteiger charge is 2.21. The molecule has 2 aromatic rings. The quantitative estimate of drug-likeness (QED) is 0.656. The summed E-state index contributed by atoms with van der Waals surface area (Å²) in [5.41, 5.74) is 0.533. The van der Waals surface area contributed by atoms with E-state index in [-0.39, 0.29) is 17.0 Å². The van der Waals surface area contributed by atoms with E-state index in [2.05, 4.69) is 14.7 Å². The number of hydrogen-bond donors (Lipinski definition) is 1. The van der Waals surface area contributed by atoms with E-state index in [1.807, 2.05) is 0 Å². The molecule has 0 aliphatic carbocycles. The highest BCUT2D eigenvalue weighted by Crippen LogP contribution is 2.29. The van der Waals surface area contributed by atoms with Gasteiger partial charge in [0.15, 0.2) is 0 Å². The molecule has 0 atom stereocenters. The van der Waals surface area contributed by atoms with E-state index >= 15 is 0 Å². The van der Waals surface area contributed by atoms with Gasteiger partial charge in [0.2, 0.25) is 10.0 Å². The molecule has 0 saturated carbocycles. The number of rotatable bonds is 6. The Morgan fingerprint density at radius 1 is 1.18 bits per heavy atom. The first-order chi connectivity index (χ1) is 10.6. The average molecular weight is 322 g/mol. The Kier molecular flexibility index (Phi) is 5.24. The molecule has 1 N–H and O–H groups in total. The van der Waals surface area contributed by atoms with Crippen LogP contribution in [0.1, 0.15) is 0 Å². The van der Waals surface area contributed by atoms with E-state index in [0.717, 1.165) is 0 Å². The Bertz CT molecular complexity index is 762. The minimum absolute atomic E-state index is 0.0410. The molecule has 22 heavy (non-hydrogen) atoms. The van der Waals surface area contributed by atoms with Crippen molar-refractivity contribution in [3.05, 3.63) is 54.3 Å². The summed E-state index contributed by atoms with van der Waals surface area (Å²) in [6, 6.07) is 12.5. The first kappa shape index (κ1) is 16.1. The molecule has 0 amide bonds. The summed E-state index contributed by atoms with van der Waals surface area (Å²) in [5.74, 6) is -0.598. The van der Waals surface area contributed by atoms with Gasteiger partial charge in [0, 0.05) is 12.1 Å². The lowest BCUT2D eigenvalue weighted by Gasteiger charge is -2.11. The van der Waals surface area contributed by atoms with Gasteiger partial charge >= 0.3 is 0 Å². The van der Waals surface area contributed by atoms with E-state index < -0.39 is 15.8 Å². The Balaban J connectivity index is 2.43. The highest BCUT2D eigenvalue weighted by molar-refractivity contribution is 7.89. The summed E-state index contributed by atoms with van der Waals surface area (Å²) in [5, 5.41) is 3.44. The van der Waals surface area contributed by atoms with Gasteiger partial charge in [0.25, 0.3) is 0 Å². The SMILES string of the molecule is CON=CCNS(=O)(=O)c1cccc(F)c1-c1ccccc1. The maximum Gasteiger partial charge on any atom is 0.241 e. The van der Waals surface area contributed by atoms with Crippen LogP contribution in [0.4, 0.5) is 4.39 Å². The van der Waals surface area contributed by atoms with Crippen LogP contribution in [0.25, 0.3) is 11.1 Å². The van der Waals surface area contributed by atoms with Crippen LogP contribution in [0, 0.1) is 5.82 Å². The summed E-state index contributed by atoms with van der Waals surface area (Å²) in [6.07, 6.45) is 1.26. The molecule has 0 aliphatic rings. The Labute approximate surface area is 128 Å². The van der Waals surface area contributed by atoms with Gasteiger partial charge in [-0.05, 0) is 17.7 Å². The van der Waals surface area contributed by atoms with Gasteiger partial charge in [-0.2, -0.15) is 0 Å². The largest absolute Gasteiger partial charge is 0.399 e. The number of nitrogens with one attached hydrogen (secondary N) is 1. The first-order valence-corrected chi connectivity index (χ1v) is 7.93. The van der Waals surface area contributed by atoms with Crippen molar-refractivity contribution in [2.24, 2.45) is 5.16 Å². The van der Waals surface area contributed by atoms with Crippen molar-refractivity contribution < 1.29 is 17.6 Å². The zero-order valence-electron chi connectivity index (χ0n) is 11.9. The third-order valence-corrected chi connectivity index (χ3v) is 4.34. The third kappa shape index (κ3) is 3.69. The predicted molar refractivity (Wildman–Crippen MR) is 82.5 cm³/mol. The fourth-order valence-corrected chi connectivity index (χ4v) is 3.14.